The van der Waals surface area contributed by atoms with Gasteiger partial charge in [0.15, 0.2) is 5.69 Å². The molecule has 1 saturated heterocycles. The summed E-state index contributed by atoms with van der Waals surface area (Å²) in [6, 6.07) is 0. The largest absolute Gasteiger partial charge is 0.335 e. The van der Waals surface area contributed by atoms with Crippen molar-refractivity contribution in [2.45, 2.75) is 0 Å². The molecule has 1 amide bonds. The summed E-state index contributed by atoms with van der Waals surface area (Å²) in [7, 11) is -3.66. The van der Waals surface area contributed by atoms with Gasteiger partial charge in [-0.3, -0.25) is 4.79 Å². The molecule has 0 radical (unpaired) electrons. The minimum atomic E-state index is -3.66. The van der Waals surface area contributed by atoms with E-state index in [4.69, 9.17) is 5.14 Å². The van der Waals surface area contributed by atoms with Crippen molar-refractivity contribution in [3.8, 4) is 0 Å². The lowest BCUT2D eigenvalue weighted by Gasteiger charge is -2.32. The summed E-state index contributed by atoms with van der Waals surface area (Å²) in [6.45, 7) is 1.05. The van der Waals surface area contributed by atoms with E-state index in [9.17, 15) is 13.2 Å². The molecule has 8 nitrogen and oxygen atoms in total. The summed E-state index contributed by atoms with van der Waals surface area (Å²) >= 11 is 1.10. The van der Waals surface area contributed by atoms with Crippen LogP contribution in [0.4, 0.5) is 0 Å². The predicted octanol–water partition coefficient (Wildman–Crippen LogP) is -1.50. The lowest BCUT2D eigenvalue weighted by molar-refractivity contribution is 0.0692. The Balaban J connectivity index is 1.98. The third kappa shape index (κ3) is 2.77. The molecule has 10 heteroatoms. The first-order valence-corrected chi connectivity index (χ1v) is 7.16. The van der Waals surface area contributed by atoms with Gasteiger partial charge in [0.2, 0.25) is 0 Å². The Morgan fingerprint density at radius 1 is 1.35 bits per heavy atom. The van der Waals surface area contributed by atoms with Crippen molar-refractivity contribution >= 4 is 27.6 Å². The van der Waals surface area contributed by atoms with Gasteiger partial charge in [0.25, 0.3) is 16.1 Å². The van der Waals surface area contributed by atoms with E-state index in [2.05, 4.69) is 9.59 Å². The Kier molecular flexibility index (Phi) is 3.38. The third-order valence-corrected chi connectivity index (χ3v) is 4.05. The van der Waals surface area contributed by atoms with Crippen molar-refractivity contribution in [2.75, 3.05) is 26.2 Å². The number of nitrogens with zero attached hydrogens (tertiary/aromatic N) is 4. The van der Waals surface area contributed by atoms with Crippen LogP contribution in [0, 0.1) is 0 Å². The zero-order chi connectivity index (χ0) is 12.5. The number of carbonyl (C=O) groups is 1. The van der Waals surface area contributed by atoms with Crippen molar-refractivity contribution < 1.29 is 13.2 Å². The molecule has 1 fully saturated rings. The van der Waals surface area contributed by atoms with Gasteiger partial charge in [-0.1, -0.05) is 4.49 Å². The molecule has 2 rings (SSSR count). The molecule has 1 aliphatic rings. The summed E-state index contributed by atoms with van der Waals surface area (Å²) in [4.78, 5) is 13.4. The molecule has 0 aromatic carbocycles. The van der Waals surface area contributed by atoms with Crippen LogP contribution < -0.4 is 5.14 Å². The maximum absolute atomic E-state index is 11.8. The quantitative estimate of drug-likeness (QED) is 0.707. The molecule has 1 aromatic heterocycles. The number of hydrogen-bond acceptors (Lipinski definition) is 6. The second-order valence-electron chi connectivity index (χ2n) is 3.53. The van der Waals surface area contributed by atoms with E-state index in [1.54, 1.807) is 10.3 Å². The van der Waals surface area contributed by atoms with Crippen molar-refractivity contribution in [3.05, 3.63) is 11.1 Å². The van der Waals surface area contributed by atoms with E-state index in [1.165, 1.54) is 0 Å². The number of carbonyl (C=O) groups excluding carboxylic acids is 1. The second-order valence-corrected chi connectivity index (χ2v) is 5.68. The summed E-state index contributed by atoms with van der Waals surface area (Å²) in [5.41, 5.74) is 0.291. The monoisotopic (exact) mass is 277 g/mol. The van der Waals surface area contributed by atoms with Gasteiger partial charge >= 0.3 is 0 Å². The molecule has 17 heavy (non-hydrogen) atoms. The van der Waals surface area contributed by atoms with Crippen LogP contribution in [0.25, 0.3) is 0 Å². The number of rotatable bonds is 2. The van der Waals surface area contributed by atoms with Gasteiger partial charge in [-0.2, -0.15) is 12.7 Å². The highest BCUT2D eigenvalue weighted by Crippen LogP contribution is 2.09. The number of hydrogen-bond donors (Lipinski definition) is 1. The number of piperazine rings is 1. The minimum absolute atomic E-state index is 0.210. The van der Waals surface area contributed by atoms with Crippen LogP contribution in [-0.4, -0.2) is 59.3 Å². The van der Waals surface area contributed by atoms with Crippen LogP contribution >= 0.6 is 11.5 Å². The first-order chi connectivity index (χ1) is 7.98. The Labute approximate surface area is 102 Å². The van der Waals surface area contributed by atoms with Crippen molar-refractivity contribution in [2.24, 2.45) is 5.14 Å². The number of aromatic nitrogens is 2. The Hall–Kier alpha value is -1.10. The third-order valence-electron chi connectivity index (χ3n) is 2.46. The highest BCUT2D eigenvalue weighted by Gasteiger charge is 2.27. The highest BCUT2D eigenvalue weighted by molar-refractivity contribution is 7.86. The van der Waals surface area contributed by atoms with Gasteiger partial charge in [-0.25, -0.2) is 5.14 Å². The van der Waals surface area contributed by atoms with Gasteiger partial charge in [-0.15, -0.1) is 5.10 Å². The highest BCUT2D eigenvalue weighted by atomic mass is 32.2. The van der Waals surface area contributed by atoms with E-state index in [0.717, 1.165) is 15.8 Å². The van der Waals surface area contributed by atoms with Crippen LogP contribution in [0.15, 0.2) is 5.38 Å². The summed E-state index contributed by atoms with van der Waals surface area (Å²) in [5, 5.41) is 10.2. The first-order valence-electron chi connectivity index (χ1n) is 4.82. The second kappa shape index (κ2) is 4.64. The van der Waals surface area contributed by atoms with Gasteiger partial charge in [-0.05, 0) is 11.5 Å². The molecule has 1 aromatic rings. The lowest BCUT2D eigenvalue weighted by atomic mass is 10.3. The van der Waals surface area contributed by atoms with Crippen LogP contribution in [0.1, 0.15) is 10.5 Å². The average molecular weight is 277 g/mol. The van der Waals surface area contributed by atoms with Crippen molar-refractivity contribution in [3.63, 3.8) is 0 Å². The van der Waals surface area contributed by atoms with E-state index in [-0.39, 0.29) is 19.0 Å². The minimum Gasteiger partial charge on any atom is -0.335 e. The van der Waals surface area contributed by atoms with Crippen LogP contribution in [0.5, 0.6) is 0 Å². The summed E-state index contributed by atoms with van der Waals surface area (Å²) in [6.07, 6.45) is 0. The Morgan fingerprint density at radius 3 is 2.47 bits per heavy atom. The number of amides is 1. The topological polar surface area (TPSA) is 109 Å². The molecule has 2 heterocycles. The van der Waals surface area contributed by atoms with E-state index in [1.807, 2.05) is 0 Å². The van der Waals surface area contributed by atoms with Crippen LogP contribution in [0.3, 0.4) is 0 Å². The zero-order valence-electron chi connectivity index (χ0n) is 8.81. The fourth-order valence-corrected chi connectivity index (χ4v) is 2.67. The fraction of sp³-hybridized carbons (Fsp3) is 0.571. The molecule has 0 aliphatic carbocycles. The van der Waals surface area contributed by atoms with Gasteiger partial charge in [0.1, 0.15) is 0 Å². The average Bonchev–Trinajstić information content (AvgIpc) is 2.80. The van der Waals surface area contributed by atoms with Gasteiger partial charge in [0, 0.05) is 31.6 Å². The Bertz CT molecular complexity index is 492. The normalized spacial score (nSPS) is 18.3. The van der Waals surface area contributed by atoms with Gasteiger partial charge in [0.05, 0.1) is 0 Å². The van der Waals surface area contributed by atoms with Crippen LogP contribution in [-0.2, 0) is 10.2 Å². The van der Waals surface area contributed by atoms with E-state index in [0.29, 0.717) is 18.8 Å². The molecule has 0 saturated carbocycles. The maximum Gasteiger partial charge on any atom is 0.277 e. The molecule has 0 unspecified atom stereocenters. The smallest absolute Gasteiger partial charge is 0.277 e. The molecule has 0 spiro atoms. The van der Waals surface area contributed by atoms with Crippen LogP contribution in [0.2, 0.25) is 0 Å². The molecular formula is C7H11N5O3S2. The summed E-state index contributed by atoms with van der Waals surface area (Å²) in [5.74, 6) is -0.229. The van der Waals surface area contributed by atoms with Gasteiger partial charge < -0.3 is 4.90 Å². The van der Waals surface area contributed by atoms with E-state index >= 15 is 0 Å². The SMILES string of the molecule is NS(=O)(=O)N1CCN(C(=O)c2csnn2)CC1. The molecular weight excluding hydrogens is 266 g/mol. The molecule has 0 bridgehead atoms. The maximum atomic E-state index is 11.8. The van der Waals surface area contributed by atoms with Crippen molar-refractivity contribution in [1.82, 2.24) is 18.8 Å². The molecule has 1 aliphatic heterocycles. The van der Waals surface area contributed by atoms with Crippen molar-refractivity contribution in [1.29, 1.82) is 0 Å². The molecule has 0 atom stereocenters. The number of nitrogens with two attached hydrogens (primary N) is 1. The summed E-state index contributed by atoms with van der Waals surface area (Å²) < 4.78 is 26.9. The lowest BCUT2D eigenvalue weighted by Crippen LogP contribution is -2.52. The van der Waals surface area contributed by atoms with E-state index < -0.39 is 10.2 Å². The standard InChI is InChI=1S/C7H11N5O3S2/c8-17(14,15)12-3-1-11(2-4-12)7(13)6-5-16-10-9-6/h5H,1-4H2,(H2,8,14,15). The molecule has 2 N–H and O–H groups in total. The zero-order valence-corrected chi connectivity index (χ0v) is 10.4. The first kappa shape index (κ1) is 12.4. The predicted molar refractivity (Wildman–Crippen MR) is 60.5 cm³/mol. The Morgan fingerprint density at radius 2 is 2.00 bits per heavy atom. The molecule has 94 valence electrons. The fourth-order valence-electron chi connectivity index (χ4n) is 1.57.